The van der Waals surface area contributed by atoms with Crippen LogP contribution in [0.1, 0.15) is 49.3 Å². The third-order valence-electron chi connectivity index (χ3n) is 8.17. The van der Waals surface area contributed by atoms with E-state index in [1.807, 2.05) is 6.92 Å². The zero-order valence-corrected chi connectivity index (χ0v) is 26.2. The van der Waals surface area contributed by atoms with Crippen molar-refractivity contribution in [3.05, 3.63) is 69.1 Å². The van der Waals surface area contributed by atoms with E-state index in [2.05, 4.69) is 15.1 Å². The van der Waals surface area contributed by atoms with E-state index in [-0.39, 0.29) is 42.7 Å². The van der Waals surface area contributed by atoms with Gasteiger partial charge in [-0.05, 0) is 62.8 Å². The lowest BCUT2D eigenvalue weighted by Gasteiger charge is -2.31. The second kappa shape index (κ2) is 11.7. The second-order valence-electron chi connectivity index (χ2n) is 11.1. The molecule has 4 heterocycles. The lowest BCUT2D eigenvalue weighted by atomic mass is 9.95. The Kier molecular flexibility index (Phi) is 8.00. The van der Waals surface area contributed by atoms with Gasteiger partial charge in [0.05, 0.1) is 41.8 Å². The van der Waals surface area contributed by atoms with E-state index >= 15 is 4.39 Å². The number of benzene rings is 2. The van der Waals surface area contributed by atoms with Gasteiger partial charge in [0.1, 0.15) is 17.1 Å². The average molecular weight is 670 g/mol. The van der Waals surface area contributed by atoms with E-state index in [9.17, 15) is 28.0 Å². The number of aryl methyl sites for hydroxylation is 2. The first kappa shape index (κ1) is 32.1. The molecule has 2 saturated heterocycles. The number of nitrogens with zero attached hydrogens (tertiary/aromatic N) is 6. The van der Waals surface area contributed by atoms with E-state index in [0.717, 1.165) is 18.6 Å². The number of fused-ring (bicyclic) bond motifs is 1. The van der Waals surface area contributed by atoms with E-state index in [4.69, 9.17) is 21.7 Å². The maximum Gasteiger partial charge on any atom is 0.420 e. The predicted molar refractivity (Wildman–Crippen MR) is 166 cm³/mol. The summed E-state index contributed by atoms with van der Waals surface area (Å²) in [7, 11) is 0. The van der Waals surface area contributed by atoms with Gasteiger partial charge in [-0.25, -0.2) is 13.9 Å². The number of amides is 1. The highest BCUT2D eigenvalue weighted by molar-refractivity contribution is 7.81. The molecule has 2 aliphatic heterocycles. The van der Waals surface area contributed by atoms with Gasteiger partial charge in [0.15, 0.2) is 27.8 Å². The summed E-state index contributed by atoms with van der Waals surface area (Å²) >= 11 is 5.69. The molecule has 16 heteroatoms. The molecule has 2 aromatic carbocycles. The maximum absolute atomic E-state index is 15.7. The number of carbonyl (C=O) groups is 1. The highest BCUT2D eigenvalue weighted by atomic mass is 32.1. The highest BCUT2D eigenvalue weighted by Gasteiger charge is 2.59. The number of nitrogens with one attached hydrogen (secondary N) is 1. The molecule has 2 aromatic heterocycles. The van der Waals surface area contributed by atoms with E-state index < -0.39 is 45.8 Å². The number of thiocarbonyl (C=S) groups is 1. The number of alkyl halides is 3. The second-order valence-corrected chi connectivity index (χ2v) is 11.4. The molecule has 244 valence electrons. The fraction of sp³-hybridized carbons (Fsp3) is 0.355. The Morgan fingerprint density at radius 1 is 1.21 bits per heavy atom. The van der Waals surface area contributed by atoms with E-state index in [1.54, 1.807) is 32.0 Å². The summed E-state index contributed by atoms with van der Waals surface area (Å²) in [5.41, 5.74) is -4.03. The quantitative estimate of drug-likeness (QED) is 0.212. The van der Waals surface area contributed by atoms with Crippen LogP contribution in [-0.2, 0) is 22.1 Å². The van der Waals surface area contributed by atoms with Crippen molar-refractivity contribution in [2.24, 2.45) is 0 Å². The number of nitriles is 1. The van der Waals surface area contributed by atoms with Crippen molar-refractivity contribution < 1.29 is 31.8 Å². The van der Waals surface area contributed by atoms with Crippen LogP contribution < -0.4 is 20.1 Å². The molecule has 1 spiro atoms. The van der Waals surface area contributed by atoms with Crippen LogP contribution in [0.15, 0.2) is 35.1 Å². The van der Waals surface area contributed by atoms with Gasteiger partial charge >= 0.3 is 6.18 Å². The molecule has 1 atom stereocenters. The van der Waals surface area contributed by atoms with Crippen LogP contribution in [0.2, 0.25) is 0 Å². The fourth-order valence-corrected chi connectivity index (χ4v) is 6.58. The van der Waals surface area contributed by atoms with Crippen molar-refractivity contribution in [2.45, 2.75) is 51.7 Å². The van der Waals surface area contributed by atoms with Crippen LogP contribution in [0.5, 0.6) is 5.75 Å². The molecule has 0 bridgehead atoms. The molecule has 1 unspecified atom stereocenters. The number of hydrogen-bond donors (Lipinski definition) is 1. The van der Waals surface area contributed by atoms with Gasteiger partial charge in [-0.3, -0.25) is 14.5 Å². The standard InChI is InChI=1S/C31H27F4N7O4S/c1-4-6-22-37-16(3)25-27(43)38-26(39-42(22)25)19-13-18(8-10-21(19)46-5-2)41-29(47)40(28(44)30(41)11-12-45-15-30)20-9-7-17(14-36)23(24(20)32)31(33,34)35/h7-10,13H,4-6,11-12,15H2,1-3H3,(H,38,39,43). The molecule has 1 N–H and O–H groups in total. The molecule has 0 saturated carbocycles. The van der Waals surface area contributed by atoms with Gasteiger partial charge in [0, 0.05) is 25.1 Å². The van der Waals surface area contributed by atoms with Crippen LogP contribution in [0.4, 0.5) is 28.9 Å². The Balaban J connectivity index is 1.53. The summed E-state index contributed by atoms with van der Waals surface area (Å²) < 4.78 is 70.3. The van der Waals surface area contributed by atoms with Crippen molar-refractivity contribution in [3.63, 3.8) is 0 Å². The molecule has 2 aliphatic rings. The molecule has 0 radical (unpaired) electrons. The molecule has 2 fully saturated rings. The number of ether oxygens (including phenoxy) is 2. The third kappa shape index (κ3) is 5.01. The van der Waals surface area contributed by atoms with Crippen molar-refractivity contribution in [1.82, 2.24) is 19.6 Å². The third-order valence-corrected chi connectivity index (χ3v) is 8.54. The molecular weight excluding hydrogens is 642 g/mol. The molecule has 1 amide bonds. The molecule has 4 aromatic rings. The SMILES string of the molecule is CCCc1nc(C)c2c(=O)[nH]c(-c3cc(N4C(=S)N(c5ccc(C#N)c(C(F)(F)F)c5F)C(=O)C45CCOC5)ccc3OCC)nn12. The van der Waals surface area contributed by atoms with Gasteiger partial charge < -0.3 is 19.4 Å². The summed E-state index contributed by atoms with van der Waals surface area (Å²) in [5, 5.41) is 13.6. The average Bonchev–Trinajstić information content (AvgIpc) is 3.69. The van der Waals surface area contributed by atoms with Gasteiger partial charge in [-0.2, -0.15) is 18.4 Å². The van der Waals surface area contributed by atoms with Crippen LogP contribution in [0.25, 0.3) is 16.9 Å². The molecule has 6 rings (SSSR count). The summed E-state index contributed by atoms with van der Waals surface area (Å²) in [6.45, 7) is 5.65. The Morgan fingerprint density at radius 3 is 2.62 bits per heavy atom. The summed E-state index contributed by atoms with van der Waals surface area (Å²) in [4.78, 5) is 36.8. The van der Waals surface area contributed by atoms with Crippen molar-refractivity contribution in [1.29, 1.82) is 5.26 Å². The summed E-state index contributed by atoms with van der Waals surface area (Å²) in [6, 6.07) is 7.85. The largest absolute Gasteiger partial charge is 0.493 e. The number of halogens is 4. The minimum absolute atomic E-state index is 0.0881. The number of H-pyrrole nitrogens is 1. The molecular formula is C31H27F4N7O4S. The Morgan fingerprint density at radius 2 is 1.98 bits per heavy atom. The summed E-state index contributed by atoms with van der Waals surface area (Å²) in [6.07, 6.45) is -3.81. The lowest BCUT2D eigenvalue weighted by molar-refractivity contribution is -0.140. The molecule has 47 heavy (non-hydrogen) atoms. The van der Waals surface area contributed by atoms with Crippen LogP contribution >= 0.6 is 12.2 Å². The van der Waals surface area contributed by atoms with Crippen molar-refractivity contribution in [3.8, 4) is 23.2 Å². The fourth-order valence-electron chi connectivity index (χ4n) is 6.12. The number of aromatic amines is 1. The lowest BCUT2D eigenvalue weighted by Crippen LogP contribution is -2.50. The van der Waals surface area contributed by atoms with E-state index in [0.29, 0.717) is 39.8 Å². The first-order valence-electron chi connectivity index (χ1n) is 14.7. The zero-order chi connectivity index (χ0) is 33.8. The van der Waals surface area contributed by atoms with Gasteiger partial charge in [-0.15, -0.1) is 5.10 Å². The Bertz CT molecular complexity index is 2050. The number of imidazole rings is 1. The number of rotatable bonds is 7. The van der Waals surface area contributed by atoms with Crippen molar-refractivity contribution in [2.75, 3.05) is 29.6 Å². The minimum Gasteiger partial charge on any atom is -0.493 e. The highest BCUT2D eigenvalue weighted by Crippen LogP contribution is 2.45. The van der Waals surface area contributed by atoms with Crippen molar-refractivity contribution >= 4 is 40.1 Å². The van der Waals surface area contributed by atoms with Gasteiger partial charge in [-0.1, -0.05) is 6.92 Å². The van der Waals surface area contributed by atoms with Crippen LogP contribution in [0, 0.1) is 24.1 Å². The smallest absolute Gasteiger partial charge is 0.420 e. The first-order valence-corrected chi connectivity index (χ1v) is 15.1. The molecule has 11 nitrogen and oxygen atoms in total. The Hall–Kier alpha value is -4.88. The van der Waals surface area contributed by atoms with Crippen LogP contribution in [0.3, 0.4) is 0 Å². The minimum atomic E-state index is -5.22. The number of hydrogen-bond acceptors (Lipinski definition) is 8. The number of anilines is 2. The number of aromatic nitrogens is 4. The first-order chi connectivity index (χ1) is 22.4. The Labute approximate surface area is 270 Å². The van der Waals surface area contributed by atoms with E-state index in [1.165, 1.54) is 15.5 Å². The molecule has 0 aliphatic carbocycles. The topological polar surface area (TPSA) is 129 Å². The normalized spacial score (nSPS) is 18.2. The van der Waals surface area contributed by atoms with Gasteiger partial charge in [0.25, 0.3) is 11.5 Å². The predicted octanol–water partition coefficient (Wildman–Crippen LogP) is 5.07. The van der Waals surface area contributed by atoms with Crippen LogP contribution in [-0.4, -0.2) is 56.0 Å². The maximum atomic E-state index is 15.7. The zero-order valence-electron chi connectivity index (χ0n) is 25.4. The van der Waals surface area contributed by atoms with Gasteiger partial charge in [0.2, 0.25) is 0 Å². The number of carbonyl (C=O) groups excluding carboxylic acids is 1. The summed E-state index contributed by atoms with van der Waals surface area (Å²) in [5.74, 6) is -1.54. The monoisotopic (exact) mass is 669 g/mol.